The van der Waals surface area contributed by atoms with Crippen LogP contribution in [0.3, 0.4) is 0 Å². The maximum Gasteiger partial charge on any atom is 0.0593 e. The van der Waals surface area contributed by atoms with Crippen LogP contribution in [0.25, 0.3) is 0 Å². The molecular formula is C13H26N2O. The van der Waals surface area contributed by atoms with E-state index < -0.39 is 0 Å². The summed E-state index contributed by atoms with van der Waals surface area (Å²) < 4.78 is 5.49. The van der Waals surface area contributed by atoms with Gasteiger partial charge in [0.25, 0.3) is 0 Å². The second-order valence-corrected chi connectivity index (χ2v) is 5.61. The second kappa shape index (κ2) is 5.99. The van der Waals surface area contributed by atoms with Crippen LogP contribution in [0.2, 0.25) is 0 Å². The van der Waals surface area contributed by atoms with Crippen molar-refractivity contribution in [3.63, 3.8) is 0 Å². The molecule has 2 aliphatic rings. The summed E-state index contributed by atoms with van der Waals surface area (Å²) in [5.74, 6) is 1.58. The minimum absolute atomic E-state index is 0.431. The van der Waals surface area contributed by atoms with Gasteiger partial charge in [0, 0.05) is 32.3 Å². The van der Waals surface area contributed by atoms with Crippen molar-refractivity contribution in [2.45, 2.75) is 38.6 Å². The van der Waals surface area contributed by atoms with Crippen LogP contribution in [0.5, 0.6) is 0 Å². The summed E-state index contributed by atoms with van der Waals surface area (Å²) in [6.45, 7) is 7.68. The van der Waals surface area contributed by atoms with Crippen molar-refractivity contribution >= 4 is 0 Å². The molecular weight excluding hydrogens is 200 g/mol. The first-order valence-electron chi connectivity index (χ1n) is 6.81. The Morgan fingerprint density at radius 2 is 2.12 bits per heavy atom. The van der Waals surface area contributed by atoms with Gasteiger partial charge in [-0.15, -0.1) is 0 Å². The Morgan fingerprint density at radius 3 is 3.00 bits per heavy atom. The van der Waals surface area contributed by atoms with Gasteiger partial charge in [0.2, 0.25) is 0 Å². The Bertz CT molecular complexity index is 202. The lowest BCUT2D eigenvalue weighted by Crippen LogP contribution is -2.43. The van der Waals surface area contributed by atoms with Gasteiger partial charge < -0.3 is 15.4 Å². The maximum atomic E-state index is 6.24. The Balaban J connectivity index is 1.81. The van der Waals surface area contributed by atoms with E-state index in [1.54, 1.807) is 0 Å². The van der Waals surface area contributed by atoms with Crippen molar-refractivity contribution in [1.29, 1.82) is 0 Å². The Kier molecular flexibility index (Phi) is 4.62. The van der Waals surface area contributed by atoms with Gasteiger partial charge in [-0.1, -0.05) is 6.92 Å². The molecule has 0 aromatic rings. The highest BCUT2D eigenvalue weighted by Crippen LogP contribution is 2.28. The largest absolute Gasteiger partial charge is 0.380 e. The van der Waals surface area contributed by atoms with Gasteiger partial charge in [-0.2, -0.15) is 0 Å². The molecule has 1 aliphatic carbocycles. The highest BCUT2D eigenvalue weighted by Gasteiger charge is 2.27. The molecule has 3 atom stereocenters. The third kappa shape index (κ3) is 3.44. The van der Waals surface area contributed by atoms with E-state index in [2.05, 4.69) is 11.8 Å². The predicted molar refractivity (Wildman–Crippen MR) is 66.4 cm³/mol. The molecule has 0 aromatic heterocycles. The molecule has 2 fully saturated rings. The summed E-state index contributed by atoms with van der Waals surface area (Å²) in [6, 6.07) is 0.431. The van der Waals surface area contributed by atoms with Crippen LogP contribution in [0.1, 0.15) is 32.6 Å². The fraction of sp³-hybridized carbons (Fsp3) is 1.00. The first kappa shape index (κ1) is 12.3. The van der Waals surface area contributed by atoms with Gasteiger partial charge in [-0.05, 0) is 37.5 Å². The molecule has 1 saturated heterocycles. The number of nitrogens with two attached hydrogens (primary N) is 1. The molecule has 1 heterocycles. The lowest BCUT2D eigenvalue weighted by molar-refractivity contribution is 0.128. The molecule has 0 bridgehead atoms. The standard InChI is InChI=1S/C13H26N2O/c1-11-3-4-13(14)12(9-11)10-15-5-2-7-16-8-6-15/h11-13H,2-10,14H2,1H3. The smallest absolute Gasteiger partial charge is 0.0593 e. The summed E-state index contributed by atoms with van der Waals surface area (Å²) in [4.78, 5) is 2.55. The second-order valence-electron chi connectivity index (χ2n) is 5.61. The van der Waals surface area contributed by atoms with E-state index in [0.717, 1.165) is 25.7 Å². The van der Waals surface area contributed by atoms with Gasteiger partial charge in [-0.3, -0.25) is 0 Å². The summed E-state index contributed by atoms with van der Waals surface area (Å²) in [5.41, 5.74) is 6.24. The molecule has 3 nitrogen and oxygen atoms in total. The van der Waals surface area contributed by atoms with Crippen molar-refractivity contribution in [1.82, 2.24) is 4.90 Å². The SMILES string of the molecule is CC1CCC(N)C(CN2CCCOCC2)C1. The number of nitrogens with zero attached hydrogens (tertiary/aromatic N) is 1. The van der Waals surface area contributed by atoms with Crippen molar-refractivity contribution in [3.8, 4) is 0 Å². The maximum absolute atomic E-state index is 6.24. The van der Waals surface area contributed by atoms with Crippen LogP contribution in [-0.2, 0) is 4.74 Å². The minimum atomic E-state index is 0.431. The summed E-state index contributed by atoms with van der Waals surface area (Å²) in [6.07, 6.45) is 5.03. The average Bonchev–Trinajstić information content (AvgIpc) is 2.52. The molecule has 1 aliphatic heterocycles. The quantitative estimate of drug-likeness (QED) is 0.775. The first-order valence-corrected chi connectivity index (χ1v) is 6.81. The van der Waals surface area contributed by atoms with Crippen molar-refractivity contribution in [2.75, 3.05) is 32.8 Å². The molecule has 0 spiro atoms. The fourth-order valence-corrected chi connectivity index (χ4v) is 3.04. The Labute approximate surface area is 99.3 Å². The lowest BCUT2D eigenvalue weighted by atomic mass is 9.79. The van der Waals surface area contributed by atoms with E-state index in [0.29, 0.717) is 12.0 Å². The van der Waals surface area contributed by atoms with Gasteiger partial charge in [-0.25, -0.2) is 0 Å². The molecule has 0 amide bonds. The molecule has 0 radical (unpaired) electrons. The van der Waals surface area contributed by atoms with Gasteiger partial charge in [0.1, 0.15) is 0 Å². The molecule has 3 heteroatoms. The zero-order valence-electron chi connectivity index (χ0n) is 10.5. The lowest BCUT2D eigenvalue weighted by Gasteiger charge is -2.35. The first-order chi connectivity index (χ1) is 7.75. The number of ether oxygens (including phenoxy) is 1. The van der Waals surface area contributed by atoms with Crippen LogP contribution >= 0.6 is 0 Å². The normalized spacial score (nSPS) is 38.2. The van der Waals surface area contributed by atoms with Gasteiger partial charge >= 0.3 is 0 Å². The molecule has 2 N–H and O–H groups in total. The summed E-state index contributed by atoms with van der Waals surface area (Å²) in [7, 11) is 0. The van der Waals surface area contributed by atoms with E-state index in [1.807, 2.05) is 0 Å². The van der Waals surface area contributed by atoms with Crippen LogP contribution in [0.15, 0.2) is 0 Å². The molecule has 94 valence electrons. The number of rotatable bonds is 2. The van der Waals surface area contributed by atoms with E-state index in [9.17, 15) is 0 Å². The third-order valence-corrected chi connectivity index (χ3v) is 4.11. The van der Waals surface area contributed by atoms with E-state index >= 15 is 0 Å². The monoisotopic (exact) mass is 226 g/mol. The van der Waals surface area contributed by atoms with Crippen LogP contribution in [0.4, 0.5) is 0 Å². The zero-order valence-corrected chi connectivity index (χ0v) is 10.5. The van der Waals surface area contributed by atoms with E-state index in [1.165, 1.54) is 38.8 Å². The highest BCUT2D eigenvalue weighted by atomic mass is 16.5. The topological polar surface area (TPSA) is 38.5 Å². The molecule has 0 aromatic carbocycles. The van der Waals surface area contributed by atoms with Gasteiger partial charge in [0.05, 0.1) is 6.61 Å². The number of hydrogen-bond donors (Lipinski definition) is 1. The molecule has 16 heavy (non-hydrogen) atoms. The van der Waals surface area contributed by atoms with Crippen LogP contribution in [0, 0.1) is 11.8 Å². The number of hydrogen-bond acceptors (Lipinski definition) is 3. The average molecular weight is 226 g/mol. The molecule has 1 saturated carbocycles. The Morgan fingerprint density at radius 1 is 1.25 bits per heavy atom. The summed E-state index contributed by atoms with van der Waals surface area (Å²) in [5, 5.41) is 0. The van der Waals surface area contributed by atoms with Crippen molar-refractivity contribution < 1.29 is 4.74 Å². The van der Waals surface area contributed by atoms with Crippen molar-refractivity contribution in [3.05, 3.63) is 0 Å². The Hall–Kier alpha value is -0.120. The predicted octanol–water partition coefficient (Wildman–Crippen LogP) is 1.47. The van der Waals surface area contributed by atoms with E-state index in [-0.39, 0.29) is 0 Å². The third-order valence-electron chi connectivity index (χ3n) is 4.11. The summed E-state index contributed by atoms with van der Waals surface area (Å²) >= 11 is 0. The van der Waals surface area contributed by atoms with Gasteiger partial charge in [0.15, 0.2) is 0 Å². The minimum Gasteiger partial charge on any atom is -0.380 e. The molecule has 2 rings (SSSR count). The van der Waals surface area contributed by atoms with E-state index in [4.69, 9.17) is 10.5 Å². The fourth-order valence-electron chi connectivity index (χ4n) is 3.04. The zero-order chi connectivity index (χ0) is 11.4. The van der Waals surface area contributed by atoms with Crippen LogP contribution in [-0.4, -0.2) is 43.8 Å². The van der Waals surface area contributed by atoms with Crippen LogP contribution < -0.4 is 5.73 Å². The van der Waals surface area contributed by atoms with Crippen molar-refractivity contribution in [2.24, 2.45) is 17.6 Å². The molecule has 3 unspecified atom stereocenters. The highest BCUT2D eigenvalue weighted by molar-refractivity contribution is 4.83.